The summed E-state index contributed by atoms with van der Waals surface area (Å²) in [6.07, 6.45) is 3.39. The summed E-state index contributed by atoms with van der Waals surface area (Å²) in [5.74, 6) is -0.0930. The Kier molecular flexibility index (Phi) is 5.13. The molecule has 17 heavy (non-hydrogen) atoms. The molecule has 2 amide bonds. The molecule has 0 unspecified atom stereocenters. The molecular weight excluding hydrogens is 218 g/mol. The molecule has 0 saturated carbocycles. The van der Waals surface area contributed by atoms with Gasteiger partial charge in [0.1, 0.15) is 0 Å². The van der Waals surface area contributed by atoms with Crippen molar-refractivity contribution in [3.63, 3.8) is 0 Å². The predicted octanol–water partition coefficient (Wildman–Crippen LogP) is 0.566. The Labute approximate surface area is 101 Å². The SMILES string of the molecule is CC(=O)NCCN(Cc1ccncc1)C(C)=O. The fraction of sp³-hybridized carbons (Fsp3) is 0.417. The first-order valence-corrected chi connectivity index (χ1v) is 5.48. The number of nitrogens with zero attached hydrogens (tertiary/aromatic N) is 2. The number of carbonyl (C=O) groups is 2. The van der Waals surface area contributed by atoms with Gasteiger partial charge < -0.3 is 10.2 Å². The molecule has 0 spiro atoms. The minimum atomic E-state index is -0.0857. The molecule has 1 aromatic rings. The molecule has 1 heterocycles. The van der Waals surface area contributed by atoms with Crippen LogP contribution in [0.3, 0.4) is 0 Å². The van der Waals surface area contributed by atoms with Gasteiger partial charge in [-0.25, -0.2) is 0 Å². The van der Waals surface area contributed by atoms with Gasteiger partial charge in [0.05, 0.1) is 0 Å². The van der Waals surface area contributed by atoms with Crippen LogP contribution in [0.1, 0.15) is 19.4 Å². The van der Waals surface area contributed by atoms with Crippen LogP contribution in [0.25, 0.3) is 0 Å². The topological polar surface area (TPSA) is 62.3 Å². The van der Waals surface area contributed by atoms with Crippen molar-refractivity contribution in [3.8, 4) is 0 Å². The van der Waals surface area contributed by atoms with E-state index in [1.165, 1.54) is 13.8 Å². The van der Waals surface area contributed by atoms with Gasteiger partial charge in [-0.15, -0.1) is 0 Å². The first kappa shape index (κ1) is 13.2. The molecule has 0 bridgehead atoms. The van der Waals surface area contributed by atoms with Gasteiger partial charge in [0.25, 0.3) is 0 Å². The number of carbonyl (C=O) groups excluding carboxylic acids is 2. The quantitative estimate of drug-likeness (QED) is 0.811. The summed E-state index contributed by atoms with van der Waals surface area (Å²) in [6.45, 7) is 4.50. The van der Waals surface area contributed by atoms with Crippen molar-refractivity contribution >= 4 is 11.8 Å². The molecule has 0 aromatic carbocycles. The van der Waals surface area contributed by atoms with E-state index in [2.05, 4.69) is 10.3 Å². The lowest BCUT2D eigenvalue weighted by molar-refractivity contribution is -0.130. The minimum Gasteiger partial charge on any atom is -0.355 e. The molecule has 0 radical (unpaired) electrons. The van der Waals surface area contributed by atoms with Crippen molar-refractivity contribution in [2.75, 3.05) is 13.1 Å². The number of rotatable bonds is 5. The van der Waals surface area contributed by atoms with E-state index in [9.17, 15) is 9.59 Å². The number of nitrogens with one attached hydrogen (secondary N) is 1. The van der Waals surface area contributed by atoms with Gasteiger partial charge in [0.2, 0.25) is 11.8 Å². The maximum absolute atomic E-state index is 11.4. The van der Waals surface area contributed by atoms with Crippen molar-refractivity contribution in [1.82, 2.24) is 15.2 Å². The second-order valence-corrected chi connectivity index (χ2v) is 3.78. The summed E-state index contributed by atoms with van der Waals surface area (Å²) in [5, 5.41) is 2.67. The smallest absolute Gasteiger partial charge is 0.219 e. The lowest BCUT2D eigenvalue weighted by Gasteiger charge is -2.21. The molecule has 5 heteroatoms. The summed E-state index contributed by atoms with van der Waals surface area (Å²) in [5.41, 5.74) is 1.03. The maximum atomic E-state index is 11.4. The van der Waals surface area contributed by atoms with Gasteiger partial charge in [-0.05, 0) is 17.7 Å². The third kappa shape index (κ3) is 5.10. The van der Waals surface area contributed by atoms with Crippen LogP contribution in [0.15, 0.2) is 24.5 Å². The number of hydrogen-bond donors (Lipinski definition) is 1. The molecule has 0 atom stereocenters. The fourth-order valence-electron chi connectivity index (χ4n) is 1.42. The zero-order valence-corrected chi connectivity index (χ0v) is 10.1. The second kappa shape index (κ2) is 6.62. The second-order valence-electron chi connectivity index (χ2n) is 3.78. The molecule has 1 rings (SSSR count). The molecule has 1 N–H and O–H groups in total. The summed E-state index contributed by atoms with van der Waals surface area (Å²) in [4.78, 5) is 27.8. The molecule has 1 aromatic heterocycles. The number of pyridine rings is 1. The van der Waals surface area contributed by atoms with Gasteiger partial charge in [-0.2, -0.15) is 0 Å². The largest absolute Gasteiger partial charge is 0.355 e. The van der Waals surface area contributed by atoms with Crippen molar-refractivity contribution < 1.29 is 9.59 Å². The standard InChI is InChI=1S/C12H17N3O2/c1-10(16)14-7-8-15(11(2)17)9-12-3-5-13-6-4-12/h3-6H,7-9H2,1-2H3,(H,14,16). The summed E-state index contributed by atoms with van der Waals surface area (Å²) >= 11 is 0. The highest BCUT2D eigenvalue weighted by Gasteiger charge is 2.08. The molecule has 0 saturated heterocycles. The average molecular weight is 235 g/mol. The molecular formula is C12H17N3O2. The van der Waals surface area contributed by atoms with E-state index in [1.807, 2.05) is 12.1 Å². The molecule has 0 aliphatic heterocycles. The molecule has 0 aliphatic rings. The maximum Gasteiger partial charge on any atom is 0.219 e. The van der Waals surface area contributed by atoms with Gasteiger partial charge in [0, 0.05) is 45.9 Å². The first-order valence-electron chi connectivity index (χ1n) is 5.48. The first-order chi connectivity index (χ1) is 8.09. The normalized spacial score (nSPS) is 9.76. The Hall–Kier alpha value is -1.91. The highest BCUT2D eigenvalue weighted by atomic mass is 16.2. The van der Waals surface area contributed by atoms with Crippen LogP contribution in [-0.4, -0.2) is 34.8 Å². The highest BCUT2D eigenvalue weighted by Crippen LogP contribution is 2.02. The number of aromatic nitrogens is 1. The van der Waals surface area contributed by atoms with E-state index in [4.69, 9.17) is 0 Å². The van der Waals surface area contributed by atoms with Crippen molar-refractivity contribution in [2.24, 2.45) is 0 Å². The number of amides is 2. The van der Waals surface area contributed by atoms with Crippen LogP contribution in [-0.2, 0) is 16.1 Å². The predicted molar refractivity (Wildman–Crippen MR) is 64.0 cm³/mol. The van der Waals surface area contributed by atoms with Gasteiger partial charge in [0.15, 0.2) is 0 Å². The third-order valence-corrected chi connectivity index (χ3v) is 2.32. The van der Waals surface area contributed by atoms with Crippen molar-refractivity contribution in [1.29, 1.82) is 0 Å². The van der Waals surface area contributed by atoms with E-state index in [1.54, 1.807) is 17.3 Å². The Morgan fingerprint density at radius 3 is 2.47 bits per heavy atom. The zero-order chi connectivity index (χ0) is 12.7. The Morgan fingerprint density at radius 2 is 1.94 bits per heavy atom. The Balaban J connectivity index is 2.49. The Bertz CT molecular complexity index is 379. The molecule has 5 nitrogen and oxygen atoms in total. The molecule has 0 aliphatic carbocycles. The Morgan fingerprint density at radius 1 is 1.29 bits per heavy atom. The van der Waals surface area contributed by atoms with Gasteiger partial charge >= 0.3 is 0 Å². The highest BCUT2D eigenvalue weighted by molar-refractivity contribution is 5.74. The monoisotopic (exact) mass is 235 g/mol. The lowest BCUT2D eigenvalue weighted by Crippen LogP contribution is -2.36. The number of hydrogen-bond acceptors (Lipinski definition) is 3. The van der Waals surface area contributed by atoms with Gasteiger partial charge in [-0.1, -0.05) is 0 Å². The lowest BCUT2D eigenvalue weighted by atomic mass is 10.2. The summed E-state index contributed by atoms with van der Waals surface area (Å²) < 4.78 is 0. The summed E-state index contributed by atoms with van der Waals surface area (Å²) in [6, 6.07) is 3.74. The van der Waals surface area contributed by atoms with Crippen molar-refractivity contribution in [2.45, 2.75) is 20.4 Å². The van der Waals surface area contributed by atoms with Crippen LogP contribution in [0.2, 0.25) is 0 Å². The van der Waals surface area contributed by atoms with Crippen LogP contribution >= 0.6 is 0 Å². The third-order valence-electron chi connectivity index (χ3n) is 2.32. The van der Waals surface area contributed by atoms with Crippen LogP contribution in [0, 0.1) is 0 Å². The van der Waals surface area contributed by atoms with Crippen LogP contribution in [0.5, 0.6) is 0 Å². The zero-order valence-electron chi connectivity index (χ0n) is 10.1. The van der Waals surface area contributed by atoms with E-state index < -0.39 is 0 Å². The minimum absolute atomic E-state index is 0.00726. The summed E-state index contributed by atoms with van der Waals surface area (Å²) in [7, 11) is 0. The molecule has 0 fully saturated rings. The van der Waals surface area contributed by atoms with Crippen molar-refractivity contribution in [3.05, 3.63) is 30.1 Å². The molecule has 92 valence electrons. The van der Waals surface area contributed by atoms with Crippen LogP contribution in [0.4, 0.5) is 0 Å². The van der Waals surface area contributed by atoms with E-state index >= 15 is 0 Å². The van der Waals surface area contributed by atoms with E-state index in [-0.39, 0.29) is 11.8 Å². The average Bonchev–Trinajstić information content (AvgIpc) is 2.28. The van der Waals surface area contributed by atoms with Crippen LogP contribution < -0.4 is 5.32 Å². The van der Waals surface area contributed by atoms with Gasteiger partial charge in [-0.3, -0.25) is 14.6 Å². The fourth-order valence-corrected chi connectivity index (χ4v) is 1.42. The van der Waals surface area contributed by atoms with E-state index in [0.29, 0.717) is 19.6 Å². The van der Waals surface area contributed by atoms with E-state index in [0.717, 1.165) is 5.56 Å².